The van der Waals surface area contributed by atoms with Gasteiger partial charge < -0.3 is 5.32 Å². The number of hydrogen-bond donors (Lipinski definition) is 1. The molecule has 0 aliphatic rings. The zero-order valence-electron chi connectivity index (χ0n) is 12.2. The van der Waals surface area contributed by atoms with Crippen LogP contribution in [-0.2, 0) is 12.8 Å². The first kappa shape index (κ1) is 14.2. The molecule has 0 bridgehead atoms. The predicted octanol–water partition coefficient (Wildman–Crippen LogP) is 3.44. The first-order chi connectivity index (χ1) is 9.10. The van der Waals surface area contributed by atoms with Gasteiger partial charge in [-0.15, -0.1) is 11.3 Å². The standard InChI is InChI=1S/C16H22N2S/c1-11-7-5-6-8-14(11)9-15(17-4)10-16-18-12(2)13(3)19-16/h5-8,15,17H,9-10H2,1-4H3. The van der Waals surface area contributed by atoms with Crippen molar-refractivity contribution >= 4 is 11.3 Å². The van der Waals surface area contributed by atoms with E-state index < -0.39 is 0 Å². The molecule has 19 heavy (non-hydrogen) atoms. The highest BCUT2D eigenvalue weighted by atomic mass is 32.1. The molecule has 1 unspecified atom stereocenters. The van der Waals surface area contributed by atoms with E-state index in [2.05, 4.69) is 55.3 Å². The molecule has 1 atom stereocenters. The third kappa shape index (κ3) is 3.64. The van der Waals surface area contributed by atoms with Gasteiger partial charge in [0.25, 0.3) is 0 Å². The summed E-state index contributed by atoms with van der Waals surface area (Å²) in [5.41, 5.74) is 3.96. The van der Waals surface area contributed by atoms with Crippen LogP contribution in [0, 0.1) is 20.8 Å². The quantitative estimate of drug-likeness (QED) is 0.903. The van der Waals surface area contributed by atoms with Crippen molar-refractivity contribution < 1.29 is 0 Å². The first-order valence-electron chi connectivity index (χ1n) is 6.75. The number of thiazole rings is 1. The molecule has 2 rings (SSSR count). The van der Waals surface area contributed by atoms with Crippen LogP contribution in [-0.4, -0.2) is 18.1 Å². The van der Waals surface area contributed by atoms with E-state index in [1.54, 1.807) is 0 Å². The van der Waals surface area contributed by atoms with Gasteiger partial charge in [0, 0.05) is 17.3 Å². The lowest BCUT2D eigenvalue weighted by molar-refractivity contribution is 0.554. The van der Waals surface area contributed by atoms with E-state index in [9.17, 15) is 0 Å². The molecule has 0 spiro atoms. The molecule has 2 nitrogen and oxygen atoms in total. The van der Waals surface area contributed by atoms with Crippen molar-refractivity contribution in [2.24, 2.45) is 0 Å². The van der Waals surface area contributed by atoms with E-state index in [1.165, 1.54) is 26.7 Å². The lowest BCUT2D eigenvalue weighted by Crippen LogP contribution is -2.30. The summed E-state index contributed by atoms with van der Waals surface area (Å²) in [6.07, 6.45) is 2.06. The zero-order chi connectivity index (χ0) is 13.8. The van der Waals surface area contributed by atoms with Crippen LogP contribution in [0.1, 0.15) is 26.7 Å². The maximum Gasteiger partial charge on any atom is 0.0946 e. The lowest BCUT2D eigenvalue weighted by Gasteiger charge is -2.16. The summed E-state index contributed by atoms with van der Waals surface area (Å²) in [5, 5.41) is 4.66. The smallest absolute Gasteiger partial charge is 0.0946 e. The van der Waals surface area contributed by atoms with Gasteiger partial charge in [-0.25, -0.2) is 4.98 Å². The van der Waals surface area contributed by atoms with Gasteiger partial charge in [-0.1, -0.05) is 24.3 Å². The molecule has 0 fully saturated rings. The number of benzene rings is 1. The average Bonchev–Trinajstić information content (AvgIpc) is 2.70. The normalized spacial score (nSPS) is 12.6. The summed E-state index contributed by atoms with van der Waals surface area (Å²) in [5.74, 6) is 0. The number of likely N-dealkylation sites (N-methyl/N-ethyl adjacent to an activating group) is 1. The maximum absolute atomic E-state index is 4.64. The fourth-order valence-electron chi connectivity index (χ4n) is 2.22. The number of nitrogens with one attached hydrogen (secondary N) is 1. The first-order valence-corrected chi connectivity index (χ1v) is 7.56. The number of rotatable bonds is 5. The van der Waals surface area contributed by atoms with Gasteiger partial charge in [0.2, 0.25) is 0 Å². The molecule has 1 aromatic carbocycles. The minimum atomic E-state index is 0.450. The van der Waals surface area contributed by atoms with E-state index in [4.69, 9.17) is 0 Å². The lowest BCUT2D eigenvalue weighted by atomic mass is 9.99. The van der Waals surface area contributed by atoms with E-state index in [0.29, 0.717) is 6.04 Å². The Morgan fingerprint density at radius 2 is 1.89 bits per heavy atom. The summed E-state index contributed by atoms with van der Waals surface area (Å²) >= 11 is 1.82. The summed E-state index contributed by atoms with van der Waals surface area (Å²) in [7, 11) is 2.04. The Hall–Kier alpha value is -1.19. The fourth-order valence-corrected chi connectivity index (χ4v) is 3.23. The highest BCUT2D eigenvalue weighted by Crippen LogP contribution is 2.19. The molecule has 102 valence electrons. The number of aryl methyl sites for hydroxylation is 3. The minimum absolute atomic E-state index is 0.450. The molecule has 0 amide bonds. The van der Waals surface area contributed by atoms with Crippen LogP contribution in [0.15, 0.2) is 24.3 Å². The Balaban J connectivity index is 2.07. The van der Waals surface area contributed by atoms with Crippen LogP contribution >= 0.6 is 11.3 Å². The van der Waals surface area contributed by atoms with Crippen molar-refractivity contribution in [2.45, 2.75) is 39.7 Å². The van der Waals surface area contributed by atoms with Gasteiger partial charge in [-0.2, -0.15) is 0 Å². The molecule has 2 aromatic rings. The summed E-state index contributed by atoms with van der Waals surface area (Å²) < 4.78 is 0. The topological polar surface area (TPSA) is 24.9 Å². The SMILES string of the molecule is CNC(Cc1nc(C)c(C)s1)Cc1ccccc1C. The van der Waals surface area contributed by atoms with Gasteiger partial charge in [-0.05, 0) is 45.4 Å². The molecule has 0 radical (unpaired) electrons. The molecule has 0 aliphatic heterocycles. The molecule has 1 heterocycles. The van der Waals surface area contributed by atoms with Crippen LogP contribution in [0.5, 0.6) is 0 Å². The Morgan fingerprint density at radius 3 is 2.47 bits per heavy atom. The second-order valence-electron chi connectivity index (χ2n) is 5.07. The van der Waals surface area contributed by atoms with Crippen molar-refractivity contribution in [1.29, 1.82) is 0 Å². The largest absolute Gasteiger partial charge is 0.316 e. The van der Waals surface area contributed by atoms with Crippen molar-refractivity contribution in [3.8, 4) is 0 Å². The molecule has 1 N–H and O–H groups in total. The van der Waals surface area contributed by atoms with E-state index in [1.807, 2.05) is 18.4 Å². The number of hydrogen-bond acceptors (Lipinski definition) is 3. The van der Waals surface area contributed by atoms with Crippen LogP contribution in [0.2, 0.25) is 0 Å². The summed E-state index contributed by atoms with van der Waals surface area (Å²) in [6, 6.07) is 9.07. The summed E-state index contributed by atoms with van der Waals surface area (Å²) in [4.78, 5) is 5.97. The van der Waals surface area contributed by atoms with Crippen molar-refractivity contribution in [2.75, 3.05) is 7.05 Å². The zero-order valence-corrected chi connectivity index (χ0v) is 13.0. The molecular weight excluding hydrogens is 252 g/mol. The molecule has 0 saturated carbocycles. The monoisotopic (exact) mass is 274 g/mol. The number of aromatic nitrogens is 1. The minimum Gasteiger partial charge on any atom is -0.316 e. The second kappa shape index (κ2) is 6.31. The molecule has 3 heteroatoms. The van der Waals surface area contributed by atoms with Crippen LogP contribution in [0.4, 0.5) is 0 Å². The Kier molecular flexibility index (Phi) is 4.72. The predicted molar refractivity (Wildman–Crippen MR) is 83.0 cm³/mol. The van der Waals surface area contributed by atoms with Gasteiger partial charge in [0.05, 0.1) is 10.7 Å². The fraction of sp³-hybridized carbons (Fsp3) is 0.438. The van der Waals surface area contributed by atoms with Crippen LogP contribution < -0.4 is 5.32 Å². The average molecular weight is 274 g/mol. The molecule has 1 aromatic heterocycles. The van der Waals surface area contributed by atoms with Crippen molar-refractivity contribution in [3.05, 3.63) is 51.0 Å². The Morgan fingerprint density at radius 1 is 1.16 bits per heavy atom. The Labute approximate surface area is 119 Å². The van der Waals surface area contributed by atoms with Crippen molar-refractivity contribution in [1.82, 2.24) is 10.3 Å². The Bertz CT molecular complexity index is 526. The molecular formula is C16H22N2S. The van der Waals surface area contributed by atoms with Gasteiger partial charge >= 0.3 is 0 Å². The van der Waals surface area contributed by atoms with E-state index in [0.717, 1.165) is 12.8 Å². The number of nitrogens with zero attached hydrogens (tertiary/aromatic N) is 1. The van der Waals surface area contributed by atoms with Crippen LogP contribution in [0.25, 0.3) is 0 Å². The van der Waals surface area contributed by atoms with E-state index in [-0.39, 0.29) is 0 Å². The highest BCUT2D eigenvalue weighted by molar-refractivity contribution is 7.11. The second-order valence-corrected chi connectivity index (χ2v) is 6.36. The highest BCUT2D eigenvalue weighted by Gasteiger charge is 2.13. The molecule has 0 aliphatic carbocycles. The van der Waals surface area contributed by atoms with Gasteiger partial charge in [-0.3, -0.25) is 0 Å². The molecule has 0 saturated heterocycles. The van der Waals surface area contributed by atoms with Crippen molar-refractivity contribution in [3.63, 3.8) is 0 Å². The maximum atomic E-state index is 4.64. The third-order valence-electron chi connectivity index (χ3n) is 3.63. The van der Waals surface area contributed by atoms with E-state index >= 15 is 0 Å². The third-order valence-corrected chi connectivity index (χ3v) is 4.72. The summed E-state index contributed by atoms with van der Waals surface area (Å²) in [6.45, 7) is 6.41. The van der Waals surface area contributed by atoms with Crippen LogP contribution in [0.3, 0.4) is 0 Å². The van der Waals surface area contributed by atoms with Gasteiger partial charge in [0.1, 0.15) is 0 Å². The van der Waals surface area contributed by atoms with Gasteiger partial charge in [0.15, 0.2) is 0 Å².